The SMILES string of the molecule is CN1CCC(O[C@@H](c2ccc3c(c2)CCO3)c2nc3ccccc3s2)CC1. The van der Waals surface area contributed by atoms with Gasteiger partial charge in [0.1, 0.15) is 16.9 Å². The Hall–Kier alpha value is -1.95. The molecule has 140 valence electrons. The number of fused-ring (bicyclic) bond motifs is 2. The topological polar surface area (TPSA) is 34.6 Å². The van der Waals surface area contributed by atoms with Gasteiger partial charge in [-0.1, -0.05) is 18.2 Å². The predicted octanol–water partition coefficient (Wildman–Crippen LogP) is 4.43. The van der Waals surface area contributed by atoms with E-state index in [0.717, 1.165) is 55.2 Å². The van der Waals surface area contributed by atoms with Crippen LogP contribution in [0.5, 0.6) is 5.75 Å². The van der Waals surface area contributed by atoms with Crippen LogP contribution < -0.4 is 4.74 Å². The summed E-state index contributed by atoms with van der Waals surface area (Å²) in [5, 5.41) is 1.05. The van der Waals surface area contributed by atoms with Crippen LogP contribution in [0.4, 0.5) is 0 Å². The summed E-state index contributed by atoms with van der Waals surface area (Å²) in [4.78, 5) is 7.29. The summed E-state index contributed by atoms with van der Waals surface area (Å²) in [7, 11) is 2.18. The van der Waals surface area contributed by atoms with Crippen molar-refractivity contribution >= 4 is 21.6 Å². The minimum Gasteiger partial charge on any atom is -0.493 e. The number of benzene rings is 2. The first-order chi connectivity index (χ1) is 13.3. The Bertz CT molecular complexity index is 913. The third-order valence-corrected chi connectivity index (χ3v) is 6.62. The van der Waals surface area contributed by atoms with E-state index in [9.17, 15) is 0 Å². The number of thiazole rings is 1. The second-order valence-electron chi connectivity index (χ2n) is 7.50. The standard InChI is InChI=1S/C22H24N2O2S/c1-24-11-8-17(9-12-24)26-21(16-6-7-19-15(14-16)10-13-25-19)22-23-18-4-2-3-5-20(18)27-22/h2-7,14,17,21H,8-13H2,1H3/t21-/m0/s1. The van der Waals surface area contributed by atoms with Crippen molar-refractivity contribution in [3.8, 4) is 5.75 Å². The molecule has 1 atom stereocenters. The smallest absolute Gasteiger partial charge is 0.134 e. The molecular weight excluding hydrogens is 356 g/mol. The largest absolute Gasteiger partial charge is 0.493 e. The average Bonchev–Trinajstić information content (AvgIpc) is 3.33. The maximum atomic E-state index is 6.68. The van der Waals surface area contributed by atoms with Crippen molar-refractivity contribution in [3.63, 3.8) is 0 Å². The van der Waals surface area contributed by atoms with Crippen molar-refractivity contribution < 1.29 is 9.47 Å². The van der Waals surface area contributed by atoms with Gasteiger partial charge in [-0.3, -0.25) is 0 Å². The van der Waals surface area contributed by atoms with Crippen LogP contribution in [0.2, 0.25) is 0 Å². The van der Waals surface area contributed by atoms with E-state index >= 15 is 0 Å². The van der Waals surface area contributed by atoms with E-state index in [1.165, 1.54) is 15.8 Å². The van der Waals surface area contributed by atoms with Crippen molar-refractivity contribution in [2.24, 2.45) is 0 Å². The summed E-state index contributed by atoms with van der Waals surface area (Å²) in [6, 6.07) is 14.8. The Kier molecular flexibility index (Phi) is 4.60. The predicted molar refractivity (Wildman–Crippen MR) is 109 cm³/mol. The molecule has 0 amide bonds. The fourth-order valence-corrected chi connectivity index (χ4v) is 5.00. The number of aromatic nitrogens is 1. The van der Waals surface area contributed by atoms with Gasteiger partial charge < -0.3 is 14.4 Å². The highest BCUT2D eigenvalue weighted by atomic mass is 32.1. The first-order valence-corrected chi connectivity index (χ1v) is 10.5. The molecular formula is C22H24N2O2S. The molecule has 3 aromatic rings. The lowest BCUT2D eigenvalue weighted by molar-refractivity contribution is -0.0234. The highest BCUT2D eigenvalue weighted by Crippen LogP contribution is 2.37. The molecule has 2 aliphatic heterocycles. The number of ether oxygens (including phenoxy) is 2. The molecule has 0 radical (unpaired) electrons. The molecule has 1 saturated heterocycles. The highest BCUT2D eigenvalue weighted by Gasteiger charge is 2.27. The molecule has 2 aromatic carbocycles. The zero-order chi connectivity index (χ0) is 18.2. The lowest BCUT2D eigenvalue weighted by atomic mass is 10.0. The van der Waals surface area contributed by atoms with Gasteiger partial charge in [-0.15, -0.1) is 11.3 Å². The van der Waals surface area contributed by atoms with Gasteiger partial charge in [-0.25, -0.2) is 4.98 Å². The first kappa shape index (κ1) is 17.2. The molecule has 5 rings (SSSR count). The van der Waals surface area contributed by atoms with Crippen LogP contribution in [0.3, 0.4) is 0 Å². The Morgan fingerprint density at radius 2 is 2.04 bits per heavy atom. The molecule has 1 fully saturated rings. The molecule has 0 bridgehead atoms. The van der Waals surface area contributed by atoms with Gasteiger partial charge in [0, 0.05) is 19.5 Å². The number of piperidine rings is 1. The summed E-state index contributed by atoms with van der Waals surface area (Å²) in [5.41, 5.74) is 3.53. The van der Waals surface area contributed by atoms with Gasteiger partial charge in [0.15, 0.2) is 0 Å². The van der Waals surface area contributed by atoms with Gasteiger partial charge in [-0.2, -0.15) is 0 Å². The van der Waals surface area contributed by atoms with E-state index in [1.807, 2.05) is 6.07 Å². The summed E-state index contributed by atoms with van der Waals surface area (Å²) < 4.78 is 13.6. The number of nitrogens with zero attached hydrogens (tertiary/aromatic N) is 2. The van der Waals surface area contributed by atoms with Crippen LogP contribution in [0.15, 0.2) is 42.5 Å². The minimum atomic E-state index is -0.110. The normalized spacial score (nSPS) is 19.1. The Morgan fingerprint density at radius 3 is 2.89 bits per heavy atom. The molecule has 0 spiro atoms. The van der Waals surface area contributed by atoms with Crippen LogP contribution in [-0.4, -0.2) is 42.7 Å². The molecule has 5 heteroatoms. The summed E-state index contributed by atoms with van der Waals surface area (Å²) in [6.07, 6.45) is 3.30. The quantitative estimate of drug-likeness (QED) is 0.671. The van der Waals surface area contributed by atoms with E-state index in [0.29, 0.717) is 0 Å². The number of likely N-dealkylation sites (tertiary alicyclic amines) is 1. The van der Waals surface area contributed by atoms with Crippen LogP contribution in [0, 0.1) is 0 Å². The second kappa shape index (κ2) is 7.23. The molecule has 2 aliphatic rings. The zero-order valence-electron chi connectivity index (χ0n) is 15.6. The fourth-order valence-electron chi connectivity index (χ4n) is 3.96. The fraction of sp³-hybridized carbons (Fsp3) is 0.409. The van der Waals surface area contributed by atoms with E-state index < -0.39 is 0 Å². The second-order valence-corrected chi connectivity index (χ2v) is 8.57. The molecule has 0 N–H and O–H groups in total. The number of hydrogen-bond acceptors (Lipinski definition) is 5. The van der Waals surface area contributed by atoms with Gasteiger partial charge >= 0.3 is 0 Å². The van der Waals surface area contributed by atoms with E-state index in [-0.39, 0.29) is 12.2 Å². The number of hydrogen-bond donors (Lipinski definition) is 0. The summed E-state index contributed by atoms with van der Waals surface area (Å²) >= 11 is 1.74. The van der Waals surface area contributed by atoms with Crippen LogP contribution in [0.25, 0.3) is 10.2 Å². The van der Waals surface area contributed by atoms with E-state index in [2.05, 4.69) is 48.3 Å². The molecule has 27 heavy (non-hydrogen) atoms. The maximum Gasteiger partial charge on any atom is 0.134 e. The average molecular weight is 381 g/mol. The molecule has 3 heterocycles. The van der Waals surface area contributed by atoms with E-state index in [1.54, 1.807) is 11.3 Å². The van der Waals surface area contributed by atoms with E-state index in [4.69, 9.17) is 14.5 Å². The highest BCUT2D eigenvalue weighted by molar-refractivity contribution is 7.18. The lowest BCUT2D eigenvalue weighted by Crippen LogP contribution is -2.35. The third-order valence-electron chi connectivity index (χ3n) is 5.55. The molecule has 0 saturated carbocycles. The van der Waals surface area contributed by atoms with Crippen molar-refractivity contribution in [1.82, 2.24) is 9.88 Å². The molecule has 1 aromatic heterocycles. The molecule has 4 nitrogen and oxygen atoms in total. The van der Waals surface area contributed by atoms with Crippen molar-refractivity contribution in [2.75, 3.05) is 26.7 Å². The van der Waals surface area contributed by atoms with Gasteiger partial charge in [0.05, 0.1) is 22.9 Å². The minimum absolute atomic E-state index is 0.110. The lowest BCUT2D eigenvalue weighted by Gasteiger charge is -2.31. The third kappa shape index (κ3) is 3.47. The van der Waals surface area contributed by atoms with Gasteiger partial charge in [-0.05, 0) is 55.3 Å². The molecule has 0 aliphatic carbocycles. The first-order valence-electron chi connectivity index (χ1n) is 9.71. The number of rotatable bonds is 4. The van der Waals surface area contributed by atoms with Crippen LogP contribution >= 0.6 is 11.3 Å². The summed E-state index contributed by atoms with van der Waals surface area (Å²) in [6.45, 7) is 2.96. The Morgan fingerprint density at radius 1 is 1.19 bits per heavy atom. The van der Waals surface area contributed by atoms with Crippen molar-refractivity contribution in [3.05, 3.63) is 58.6 Å². The Balaban J connectivity index is 1.50. The maximum absolute atomic E-state index is 6.68. The van der Waals surface area contributed by atoms with Crippen LogP contribution in [0.1, 0.15) is 35.1 Å². The summed E-state index contributed by atoms with van der Waals surface area (Å²) in [5.74, 6) is 1.01. The van der Waals surface area contributed by atoms with Crippen molar-refractivity contribution in [2.45, 2.75) is 31.5 Å². The van der Waals surface area contributed by atoms with Gasteiger partial charge in [0.25, 0.3) is 0 Å². The Labute approximate surface area is 163 Å². The van der Waals surface area contributed by atoms with Crippen LogP contribution in [-0.2, 0) is 11.2 Å². The monoisotopic (exact) mass is 380 g/mol. The van der Waals surface area contributed by atoms with Gasteiger partial charge in [0.2, 0.25) is 0 Å². The molecule has 0 unspecified atom stereocenters. The number of para-hydroxylation sites is 1. The zero-order valence-corrected chi connectivity index (χ0v) is 16.4. The van der Waals surface area contributed by atoms with Crippen molar-refractivity contribution in [1.29, 1.82) is 0 Å².